The van der Waals surface area contributed by atoms with E-state index in [-0.39, 0.29) is 18.6 Å². The number of amides is 1. The van der Waals surface area contributed by atoms with Crippen molar-refractivity contribution in [2.75, 3.05) is 24.6 Å². The Morgan fingerprint density at radius 2 is 2.08 bits per heavy atom. The van der Waals surface area contributed by atoms with Crippen LogP contribution < -0.4 is 10.2 Å². The zero-order valence-electron chi connectivity index (χ0n) is 15.2. The largest absolute Gasteiger partial charge is 0.395 e. The number of aliphatic hydroxyl groups is 1. The van der Waals surface area contributed by atoms with Crippen molar-refractivity contribution in [3.8, 4) is 0 Å². The van der Waals surface area contributed by atoms with Gasteiger partial charge >= 0.3 is 0 Å². The first-order valence-corrected chi connectivity index (χ1v) is 9.19. The first kappa shape index (κ1) is 18.2. The number of aliphatic hydroxyl groups excluding tert-OH is 1. The molecule has 2 N–H and O–H groups in total. The van der Waals surface area contributed by atoms with Gasteiger partial charge < -0.3 is 15.3 Å². The van der Waals surface area contributed by atoms with Crippen LogP contribution in [0.3, 0.4) is 0 Å². The second-order valence-electron chi connectivity index (χ2n) is 6.68. The van der Waals surface area contributed by atoms with Gasteiger partial charge in [-0.15, -0.1) is 0 Å². The fraction of sp³-hybridized carbons (Fsp3) is 0.318. The average molecular weight is 350 g/mol. The summed E-state index contributed by atoms with van der Waals surface area (Å²) in [5.41, 5.74) is 4.58. The van der Waals surface area contributed by atoms with Crippen molar-refractivity contribution in [2.45, 2.75) is 25.8 Å². The average Bonchev–Trinajstić information content (AvgIpc) is 2.67. The minimum atomic E-state index is -0.105. The van der Waals surface area contributed by atoms with E-state index in [4.69, 9.17) is 0 Å². The fourth-order valence-electron chi connectivity index (χ4n) is 3.37. The number of hydrogen-bond donors (Lipinski definition) is 2. The van der Waals surface area contributed by atoms with Crippen LogP contribution in [0.2, 0.25) is 0 Å². The summed E-state index contributed by atoms with van der Waals surface area (Å²) < 4.78 is 0. The van der Waals surface area contributed by atoms with Gasteiger partial charge in [0.2, 0.25) is 5.91 Å². The van der Waals surface area contributed by atoms with E-state index in [0.717, 1.165) is 30.5 Å². The summed E-state index contributed by atoms with van der Waals surface area (Å²) in [7, 11) is 0. The molecular weight excluding hydrogens is 324 g/mol. The maximum absolute atomic E-state index is 12.2. The lowest BCUT2D eigenvalue weighted by atomic mass is 9.97. The molecule has 1 heterocycles. The Morgan fingerprint density at radius 3 is 2.85 bits per heavy atom. The van der Waals surface area contributed by atoms with Gasteiger partial charge in [-0.3, -0.25) is 4.79 Å². The summed E-state index contributed by atoms with van der Waals surface area (Å²) in [4.78, 5) is 14.4. The third-order valence-corrected chi connectivity index (χ3v) is 4.78. The lowest BCUT2D eigenvalue weighted by Crippen LogP contribution is -2.32. The Hall–Kier alpha value is -2.59. The Morgan fingerprint density at radius 1 is 1.27 bits per heavy atom. The number of aryl methyl sites for hydroxylation is 1. The van der Waals surface area contributed by atoms with E-state index in [1.165, 1.54) is 11.3 Å². The summed E-state index contributed by atoms with van der Waals surface area (Å²) in [6.45, 7) is 3.77. The van der Waals surface area contributed by atoms with Crippen LogP contribution in [0.5, 0.6) is 0 Å². The highest BCUT2D eigenvalue weighted by Crippen LogP contribution is 2.30. The van der Waals surface area contributed by atoms with E-state index in [0.29, 0.717) is 6.54 Å². The third kappa shape index (κ3) is 4.52. The molecule has 2 aromatic rings. The predicted octanol–water partition coefficient (Wildman–Crippen LogP) is 3.32. The number of benzene rings is 2. The number of nitrogens with zero attached hydrogens (tertiary/aromatic N) is 1. The smallest absolute Gasteiger partial charge is 0.244 e. The Kier molecular flexibility index (Phi) is 6.08. The highest BCUT2D eigenvalue weighted by atomic mass is 16.3. The van der Waals surface area contributed by atoms with Crippen LogP contribution in [0.15, 0.2) is 54.6 Å². The van der Waals surface area contributed by atoms with Crippen LogP contribution in [-0.4, -0.2) is 30.7 Å². The summed E-state index contributed by atoms with van der Waals surface area (Å²) in [6, 6.07) is 16.1. The summed E-state index contributed by atoms with van der Waals surface area (Å²) >= 11 is 0. The van der Waals surface area contributed by atoms with Gasteiger partial charge in [-0.05, 0) is 48.6 Å². The van der Waals surface area contributed by atoms with Crippen LogP contribution >= 0.6 is 0 Å². The molecule has 26 heavy (non-hydrogen) atoms. The van der Waals surface area contributed by atoms with E-state index in [9.17, 15) is 9.90 Å². The van der Waals surface area contributed by atoms with E-state index in [2.05, 4.69) is 28.4 Å². The summed E-state index contributed by atoms with van der Waals surface area (Å²) in [5.74, 6) is -0.105. The van der Waals surface area contributed by atoms with Gasteiger partial charge in [0.15, 0.2) is 0 Å². The molecule has 0 saturated heterocycles. The van der Waals surface area contributed by atoms with Crippen molar-refractivity contribution in [1.82, 2.24) is 5.32 Å². The first-order chi connectivity index (χ1) is 12.7. The lowest BCUT2D eigenvalue weighted by Gasteiger charge is -2.31. The van der Waals surface area contributed by atoms with Crippen molar-refractivity contribution < 1.29 is 9.90 Å². The fourth-order valence-corrected chi connectivity index (χ4v) is 3.37. The molecule has 2 aromatic carbocycles. The maximum Gasteiger partial charge on any atom is 0.244 e. The number of nitrogens with one attached hydrogen (secondary N) is 1. The quantitative estimate of drug-likeness (QED) is 0.786. The normalized spacial score (nSPS) is 14.9. The van der Waals surface area contributed by atoms with Gasteiger partial charge in [0.25, 0.3) is 0 Å². The van der Waals surface area contributed by atoms with Crippen LogP contribution in [0.4, 0.5) is 5.69 Å². The van der Waals surface area contributed by atoms with Gasteiger partial charge in [-0.25, -0.2) is 0 Å². The van der Waals surface area contributed by atoms with E-state index in [1.807, 2.05) is 43.3 Å². The molecule has 1 amide bonds. The van der Waals surface area contributed by atoms with Crippen LogP contribution in [0, 0.1) is 0 Å². The van der Waals surface area contributed by atoms with E-state index < -0.39 is 0 Å². The molecule has 0 spiro atoms. The minimum Gasteiger partial charge on any atom is -0.395 e. The van der Waals surface area contributed by atoms with Crippen molar-refractivity contribution in [2.24, 2.45) is 0 Å². The molecule has 1 atom stereocenters. The molecule has 136 valence electrons. The molecule has 1 aliphatic heterocycles. The zero-order chi connectivity index (χ0) is 18.4. The highest BCUT2D eigenvalue weighted by molar-refractivity contribution is 5.92. The van der Waals surface area contributed by atoms with Gasteiger partial charge in [0, 0.05) is 24.9 Å². The molecule has 0 radical (unpaired) electrons. The molecule has 3 rings (SSSR count). The highest BCUT2D eigenvalue weighted by Gasteiger charge is 2.18. The molecule has 4 heteroatoms. The molecule has 1 unspecified atom stereocenters. The number of carbonyl (C=O) groups excluding carboxylic acids is 1. The van der Waals surface area contributed by atoms with Gasteiger partial charge in [-0.2, -0.15) is 0 Å². The Bertz CT molecular complexity index is 771. The molecule has 4 nitrogen and oxygen atoms in total. The van der Waals surface area contributed by atoms with Crippen molar-refractivity contribution in [3.05, 3.63) is 71.3 Å². The standard InChI is InChI=1S/C22H26N2O2/c1-17(23-22(26)12-9-18-6-3-2-4-7-18)20-11-10-19-8-5-13-24(14-15-25)21(19)16-20/h2-4,6-7,9-12,16-17,25H,5,8,13-15H2,1H3,(H,23,26)/b12-9+. The number of β-amino-alcohol motifs (C(OH)–C–C–N with tert-alkyl or cyclic N) is 1. The zero-order valence-corrected chi connectivity index (χ0v) is 15.2. The SMILES string of the molecule is CC(NC(=O)/C=C/c1ccccc1)c1ccc2c(c1)N(CCO)CCC2. The lowest BCUT2D eigenvalue weighted by molar-refractivity contribution is -0.117. The van der Waals surface area contributed by atoms with E-state index >= 15 is 0 Å². The Labute approximate surface area is 155 Å². The molecular formula is C22H26N2O2. The van der Waals surface area contributed by atoms with Gasteiger partial charge in [0.05, 0.1) is 12.6 Å². The molecule has 0 bridgehead atoms. The number of hydrogen-bond acceptors (Lipinski definition) is 3. The van der Waals surface area contributed by atoms with Crippen LogP contribution in [0.1, 0.15) is 36.1 Å². The Balaban J connectivity index is 1.68. The third-order valence-electron chi connectivity index (χ3n) is 4.78. The summed E-state index contributed by atoms with van der Waals surface area (Å²) in [6.07, 6.45) is 5.57. The molecule has 0 aromatic heterocycles. The summed E-state index contributed by atoms with van der Waals surface area (Å²) in [5, 5.41) is 12.3. The number of anilines is 1. The number of fused-ring (bicyclic) bond motifs is 1. The molecule has 0 fully saturated rings. The number of rotatable bonds is 6. The monoisotopic (exact) mass is 350 g/mol. The molecule has 0 aliphatic carbocycles. The topological polar surface area (TPSA) is 52.6 Å². The second kappa shape index (κ2) is 8.68. The molecule has 0 saturated carbocycles. The second-order valence-corrected chi connectivity index (χ2v) is 6.68. The van der Waals surface area contributed by atoms with Gasteiger partial charge in [0.1, 0.15) is 0 Å². The van der Waals surface area contributed by atoms with Crippen LogP contribution in [-0.2, 0) is 11.2 Å². The van der Waals surface area contributed by atoms with E-state index in [1.54, 1.807) is 6.08 Å². The van der Waals surface area contributed by atoms with Crippen LogP contribution in [0.25, 0.3) is 6.08 Å². The van der Waals surface area contributed by atoms with Gasteiger partial charge in [-0.1, -0.05) is 42.5 Å². The minimum absolute atomic E-state index is 0.0777. The first-order valence-electron chi connectivity index (χ1n) is 9.19. The maximum atomic E-state index is 12.2. The predicted molar refractivity (Wildman–Crippen MR) is 106 cm³/mol. The van der Waals surface area contributed by atoms with Crippen molar-refractivity contribution >= 4 is 17.7 Å². The number of carbonyl (C=O) groups is 1. The van der Waals surface area contributed by atoms with Crippen molar-refractivity contribution in [3.63, 3.8) is 0 Å². The molecule has 1 aliphatic rings. The van der Waals surface area contributed by atoms with Crippen molar-refractivity contribution in [1.29, 1.82) is 0 Å².